The largest absolute Gasteiger partial charge is 0.454 e. The number of unbranched alkanes of at least 4 members (excludes halogenated alkanes) is 1. The van der Waals surface area contributed by atoms with Crippen LogP contribution in [-0.2, 0) is 0 Å². The van der Waals surface area contributed by atoms with Crippen molar-refractivity contribution in [1.82, 2.24) is 0 Å². The van der Waals surface area contributed by atoms with Gasteiger partial charge >= 0.3 is 0 Å². The molecule has 1 aliphatic heterocycles. The summed E-state index contributed by atoms with van der Waals surface area (Å²) in [5.74, 6) is 1.77. The van der Waals surface area contributed by atoms with E-state index in [1.54, 1.807) is 6.07 Å². The second kappa shape index (κ2) is 7.19. The SMILES string of the molecule is CCCCC(CC)CC(O)c1cc(Cl)c2c(c1)OCO2. The van der Waals surface area contributed by atoms with E-state index in [-0.39, 0.29) is 6.79 Å². The minimum absolute atomic E-state index is 0.197. The topological polar surface area (TPSA) is 38.7 Å². The standard InChI is InChI=1S/C16H23ClO3/c1-3-5-6-11(4-2)7-14(18)12-8-13(17)16-15(9-12)19-10-20-16/h8-9,11,14,18H,3-7,10H2,1-2H3. The Morgan fingerprint density at radius 3 is 2.80 bits per heavy atom. The summed E-state index contributed by atoms with van der Waals surface area (Å²) >= 11 is 6.16. The van der Waals surface area contributed by atoms with E-state index in [0.717, 1.165) is 18.4 Å². The smallest absolute Gasteiger partial charge is 0.231 e. The molecule has 0 saturated carbocycles. The van der Waals surface area contributed by atoms with Gasteiger partial charge in [-0.15, -0.1) is 0 Å². The maximum Gasteiger partial charge on any atom is 0.231 e. The Balaban J connectivity index is 2.05. The van der Waals surface area contributed by atoms with E-state index in [1.165, 1.54) is 19.3 Å². The molecule has 1 heterocycles. The minimum atomic E-state index is -0.496. The van der Waals surface area contributed by atoms with Crippen molar-refractivity contribution in [3.8, 4) is 11.5 Å². The number of halogens is 1. The van der Waals surface area contributed by atoms with Gasteiger partial charge in [0.15, 0.2) is 11.5 Å². The molecule has 1 N–H and O–H groups in total. The molecule has 0 aliphatic carbocycles. The van der Waals surface area contributed by atoms with Gasteiger partial charge in [0, 0.05) is 0 Å². The summed E-state index contributed by atoms with van der Waals surface area (Å²) in [5.41, 5.74) is 0.814. The third kappa shape index (κ3) is 3.58. The van der Waals surface area contributed by atoms with Gasteiger partial charge in [0.2, 0.25) is 6.79 Å². The lowest BCUT2D eigenvalue weighted by Crippen LogP contribution is -2.07. The first-order chi connectivity index (χ1) is 9.65. The molecule has 1 aromatic carbocycles. The van der Waals surface area contributed by atoms with Crippen LogP contribution in [0.3, 0.4) is 0 Å². The third-order valence-electron chi connectivity index (χ3n) is 3.93. The average Bonchev–Trinajstić information content (AvgIpc) is 2.92. The van der Waals surface area contributed by atoms with E-state index in [4.69, 9.17) is 21.1 Å². The van der Waals surface area contributed by atoms with Crippen molar-refractivity contribution in [3.05, 3.63) is 22.7 Å². The van der Waals surface area contributed by atoms with Crippen LogP contribution in [0.5, 0.6) is 11.5 Å². The highest BCUT2D eigenvalue weighted by atomic mass is 35.5. The molecule has 20 heavy (non-hydrogen) atoms. The fourth-order valence-corrected chi connectivity index (χ4v) is 2.89. The Hall–Kier alpha value is -0.930. The predicted molar refractivity (Wildman–Crippen MR) is 80.5 cm³/mol. The molecule has 2 unspecified atom stereocenters. The highest BCUT2D eigenvalue weighted by Crippen LogP contribution is 2.42. The zero-order chi connectivity index (χ0) is 14.5. The Kier molecular flexibility index (Phi) is 5.55. The van der Waals surface area contributed by atoms with Crippen molar-refractivity contribution in [2.75, 3.05) is 6.79 Å². The van der Waals surface area contributed by atoms with Gasteiger partial charge in [-0.2, -0.15) is 0 Å². The van der Waals surface area contributed by atoms with E-state index in [2.05, 4.69) is 13.8 Å². The highest BCUT2D eigenvalue weighted by molar-refractivity contribution is 6.32. The number of aliphatic hydroxyl groups is 1. The van der Waals surface area contributed by atoms with Crippen LogP contribution in [0, 0.1) is 5.92 Å². The molecule has 0 fully saturated rings. The maximum absolute atomic E-state index is 10.4. The first-order valence-electron chi connectivity index (χ1n) is 7.42. The normalized spacial score (nSPS) is 16.2. The zero-order valence-electron chi connectivity index (χ0n) is 12.2. The van der Waals surface area contributed by atoms with Gasteiger partial charge in [-0.1, -0.05) is 51.1 Å². The van der Waals surface area contributed by atoms with Crippen molar-refractivity contribution in [3.63, 3.8) is 0 Å². The Morgan fingerprint density at radius 1 is 1.30 bits per heavy atom. The van der Waals surface area contributed by atoms with Gasteiger partial charge in [-0.05, 0) is 30.0 Å². The number of fused-ring (bicyclic) bond motifs is 1. The Bertz CT molecular complexity index is 448. The van der Waals surface area contributed by atoms with Gasteiger partial charge in [0.1, 0.15) is 0 Å². The predicted octanol–water partition coefficient (Wildman–Crippen LogP) is 4.71. The van der Waals surface area contributed by atoms with Crippen molar-refractivity contribution < 1.29 is 14.6 Å². The van der Waals surface area contributed by atoms with E-state index < -0.39 is 6.10 Å². The Labute approximate surface area is 125 Å². The van der Waals surface area contributed by atoms with Crippen molar-refractivity contribution in [1.29, 1.82) is 0 Å². The molecule has 0 aromatic heterocycles. The molecule has 1 aliphatic rings. The van der Waals surface area contributed by atoms with Crippen LogP contribution in [0.2, 0.25) is 5.02 Å². The highest BCUT2D eigenvalue weighted by Gasteiger charge is 2.22. The van der Waals surface area contributed by atoms with E-state index in [9.17, 15) is 5.11 Å². The molecular formula is C16H23ClO3. The number of ether oxygens (including phenoxy) is 2. The van der Waals surface area contributed by atoms with Crippen LogP contribution < -0.4 is 9.47 Å². The summed E-state index contributed by atoms with van der Waals surface area (Å²) in [5, 5.41) is 10.9. The second-order valence-corrected chi connectivity index (χ2v) is 5.81. The lowest BCUT2D eigenvalue weighted by atomic mass is 9.90. The summed E-state index contributed by atoms with van der Waals surface area (Å²) in [7, 11) is 0. The summed E-state index contributed by atoms with van der Waals surface area (Å²) in [4.78, 5) is 0. The molecule has 1 aromatic rings. The molecule has 0 bridgehead atoms. The molecule has 0 amide bonds. The van der Waals surface area contributed by atoms with Gasteiger partial charge in [0.25, 0.3) is 0 Å². The van der Waals surface area contributed by atoms with Crippen LogP contribution in [0.25, 0.3) is 0 Å². The molecule has 0 saturated heterocycles. The monoisotopic (exact) mass is 298 g/mol. The lowest BCUT2D eigenvalue weighted by molar-refractivity contribution is 0.138. The molecule has 0 spiro atoms. The lowest BCUT2D eigenvalue weighted by Gasteiger charge is -2.19. The number of hydrogen-bond acceptors (Lipinski definition) is 3. The molecule has 112 valence electrons. The van der Waals surface area contributed by atoms with E-state index in [1.807, 2.05) is 6.07 Å². The zero-order valence-corrected chi connectivity index (χ0v) is 12.9. The summed E-state index contributed by atoms with van der Waals surface area (Å²) < 4.78 is 10.6. The van der Waals surface area contributed by atoms with Gasteiger partial charge in [0.05, 0.1) is 11.1 Å². The van der Waals surface area contributed by atoms with Crippen LogP contribution in [0.1, 0.15) is 57.6 Å². The van der Waals surface area contributed by atoms with Crippen LogP contribution in [0.4, 0.5) is 0 Å². The van der Waals surface area contributed by atoms with Crippen LogP contribution in [-0.4, -0.2) is 11.9 Å². The van der Waals surface area contributed by atoms with Crippen LogP contribution >= 0.6 is 11.6 Å². The van der Waals surface area contributed by atoms with E-state index >= 15 is 0 Å². The number of aliphatic hydroxyl groups excluding tert-OH is 1. The number of benzene rings is 1. The minimum Gasteiger partial charge on any atom is -0.454 e. The first-order valence-corrected chi connectivity index (χ1v) is 7.80. The second-order valence-electron chi connectivity index (χ2n) is 5.40. The molecule has 3 nitrogen and oxygen atoms in total. The van der Waals surface area contributed by atoms with Crippen LogP contribution in [0.15, 0.2) is 12.1 Å². The molecule has 4 heteroatoms. The number of hydrogen-bond donors (Lipinski definition) is 1. The fraction of sp³-hybridized carbons (Fsp3) is 0.625. The molecular weight excluding hydrogens is 276 g/mol. The van der Waals surface area contributed by atoms with Gasteiger partial charge < -0.3 is 14.6 Å². The first kappa shape index (κ1) is 15.5. The van der Waals surface area contributed by atoms with Gasteiger partial charge in [-0.25, -0.2) is 0 Å². The molecule has 0 radical (unpaired) electrons. The molecule has 2 atom stereocenters. The fourth-order valence-electron chi connectivity index (χ4n) is 2.61. The maximum atomic E-state index is 10.4. The summed E-state index contributed by atoms with van der Waals surface area (Å²) in [6.45, 7) is 4.57. The third-order valence-corrected chi connectivity index (χ3v) is 4.21. The Morgan fingerprint density at radius 2 is 2.10 bits per heavy atom. The van der Waals surface area contributed by atoms with Crippen molar-refractivity contribution in [2.45, 2.75) is 52.1 Å². The average molecular weight is 299 g/mol. The quantitative estimate of drug-likeness (QED) is 0.792. The van der Waals surface area contributed by atoms with Crippen molar-refractivity contribution in [2.24, 2.45) is 5.92 Å². The summed E-state index contributed by atoms with van der Waals surface area (Å²) in [6.07, 6.45) is 4.95. The van der Waals surface area contributed by atoms with Gasteiger partial charge in [-0.3, -0.25) is 0 Å². The van der Waals surface area contributed by atoms with E-state index in [0.29, 0.717) is 22.4 Å². The molecule has 2 rings (SSSR count). The summed E-state index contributed by atoms with van der Waals surface area (Å²) in [6, 6.07) is 3.62. The number of rotatable bonds is 7. The van der Waals surface area contributed by atoms with Crippen molar-refractivity contribution >= 4 is 11.6 Å².